The quantitative estimate of drug-likeness (QED) is 0.829. The molecule has 0 aromatic heterocycles. The Morgan fingerprint density at radius 1 is 1.24 bits per heavy atom. The Kier molecular flexibility index (Phi) is 4.16. The van der Waals surface area contributed by atoms with Crippen molar-refractivity contribution in [3.8, 4) is 5.75 Å². The van der Waals surface area contributed by atoms with Crippen molar-refractivity contribution in [2.24, 2.45) is 0 Å². The highest BCUT2D eigenvalue weighted by Gasteiger charge is 2.18. The van der Waals surface area contributed by atoms with E-state index in [2.05, 4.69) is 0 Å². The number of hydrogen-bond donors (Lipinski definition) is 0. The fourth-order valence-corrected chi connectivity index (χ4v) is 2.37. The van der Waals surface area contributed by atoms with Crippen LogP contribution in [0.1, 0.15) is 19.4 Å². The molecule has 0 unspecified atom stereocenters. The molecule has 0 amide bonds. The van der Waals surface area contributed by atoms with Gasteiger partial charge >= 0.3 is 0 Å². The second-order valence-corrected chi connectivity index (χ2v) is 6.53. The average Bonchev–Trinajstić information content (AvgIpc) is 2.20. The Hall–Kier alpha value is -1.07. The Balaban J connectivity index is 3.13. The first-order valence-electron chi connectivity index (χ1n) is 5.45. The summed E-state index contributed by atoms with van der Waals surface area (Å²) < 4.78 is 30.6. The maximum Gasteiger partial charge on any atom is 0.242 e. The Morgan fingerprint density at radius 3 is 2.24 bits per heavy atom. The van der Waals surface area contributed by atoms with Crippen molar-refractivity contribution in [3.63, 3.8) is 0 Å². The summed E-state index contributed by atoms with van der Waals surface area (Å²) in [5.41, 5.74) is 0.821. The summed E-state index contributed by atoms with van der Waals surface area (Å²) in [5.74, 6) is 0.720. The van der Waals surface area contributed by atoms with E-state index in [-0.39, 0.29) is 11.0 Å². The van der Waals surface area contributed by atoms with Crippen molar-refractivity contribution >= 4 is 10.0 Å². The van der Waals surface area contributed by atoms with Gasteiger partial charge in [0.25, 0.3) is 0 Å². The van der Waals surface area contributed by atoms with Gasteiger partial charge in [-0.25, -0.2) is 12.7 Å². The Bertz CT molecular complexity index is 492. The smallest absolute Gasteiger partial charge is 0.242 e. The first-order chi connectivity index (χ1) is 7.75. The summed E-state index contributed by atoms with van der Waals surface area (Å²) in [6, 6.07) is 4.90. The molecule has 0 aliphatic rings. The van der Waals surface area contributed by atoms with Crippen LogP contribution in [-0.2, 0) is 10.0 Å². The summed E-state index contributed by atoms with van der Waals surface area (Å²) in [6.07, 6.45) is 0.0741. The second kappa shape index (κ2) is 5.06. The van der Waals surface area contributed by atoms with Gasteiger partial charge in [0.05, 0.1) is 11.0 Å². The van der Waals surface area contributed by atoms with Crippen LogP contribution < -0.4 is 4.74 Å². The molecule has 5 heteroatoms. The normalized spacial score (nSPS) is 12.2. The van der Waals surface area contributed by atoms with E-state index in [1.807, 2.05) is 20.8 Å². The fraction of sp³-hybridized carbons (Fsp3) is 0.500. The number of rotatable bonds is 4. The lowest BCUT2D eigenvalue weighted by atomic mass is 10.2. The molecule has 0 saturated heterocycles. The molecule has 0 bridgehead atoms. The molecule has 0 fully saturated rings. The van der Waals surface area contributed by atoms with E-state index in [4.69, 9.17) is 4.74 Å². The van der Waals surface area contributed by atoms with Gasteiger partial charge in [-0.2, -0.15) is 0 Å². The first kappa shape index (κ1) is 14.0. The van der Waals surface area contributed by atoms with Crippen LogP contribution in [0.3, 0.4) is 0 Å². The van der Waals surface area contributed by atoms with Gasteiger partial charge in [-0.3, -0.25) is 0 Å². The molecule has 1 aromatic carbocycles. The third-order valence-electron chi connectivity index (χ3n) is 2.29. The molecule has 1 aromatic rings. The van der Waals surface area contributed by atoms with Crippen LogP contribution in [0.4, 0.5) is 0 Å². The van der Waals surface area contributed by atoms with E-state index in [1.165, 1.54) is 18.4 Å². The van der Waals surface area contributed by atoms with Crippen molar-refractivity contribution < 1.29 is 13.2 Å². The summed E-state index contributed by atoms with van der Waals surface area (Å²) in [4.78, 5) is 0.288. The van der Waals surface area contributed by atoms with Crippen molar-refractivity contribution in [1.29, 1.82) is 0 Å². The second-order valence-electron chi connectivity index (χ2n) is 4.38. The number of nitrogens with zero attached hydrogens (tertiary/aromatic N) is 1. The largest absolute Gasteiger partial charge is 0.491 e. The Morgan fingerprint density at radius 2 is 1.82 bits per heavy atom. The lowest BCUT2D eigenvalue weighted by Crippen LogP contribution is -2.22. The van der Waals surface area contributed by atoms with Crippen molar-refractivity contribution in [2.45, 2.75) is 31.8 Å². The predicted octanol–water partition coefficient (Wildman–Crippen LogP) is 2.03. The van der Waals surface area contributed by atoms with Crippen molar-refractivity contribution in [2.75, 3.05) is 14.1 Å². The monoisotopic (exact) mass is 257 g/mol. The molecule has 0 radical (unpaired) electrons. The molecule has 0 heterocycles. The number of benzene rings is 1. The fourth-order valence-electron chi connectivity index (χ4n) is 1.38. The van der Waals surface area contributed by atoms with Crippen LogP contribution >= 0.6 is 0 Å². The summed E-state index contributed by atoms with van der Waals surface area (Å²) in [5, 5.41) is 0. The summed E-state index contributed by atoms with van der Waals surface area (Å²) in [7, 11) is -0.333. The third-order valence-corrected chi connectivity index (χ3v) is 4.10. The van der Waals surface area contributed by atoms with E-state index in [0.29, 0.717) is 0 Å². The Labute approximate surface area is 103 Å². The molecular formula is C12H19NO3S. The number of aryl methyl sites for hydroxylation is 1. The van der Waals surface area contributed by atoms with Crippen LogP contribution in [0, 0.1) is 6.92 Å². The molecule has 0 aliphatic heterocycles. The van der Waals surface area contributed by atoms with Gasteiger partial charge in [0.15, 0.2) is 0 Å². The van der Waals surface area contributed by atoms with Gasteiger partial charge in [0, 0.05) is 14.1 Å². The zero-order valence-corrected chi connectivity index (χ0v) is 11.7. The zero-order chi connectivity index (χ0) is 13.2. The maximum absolute atomic E-state index is 11.9. The number of ether oxygens (including phenoxy) is 1. The highest BCUT2D eigenvalue weighted by atomic mass is 32.2. The molecule has 96 valence electrons. The zero-order valence-electron chi connectivity index (χ0n) is 10.9. The lowest BCUT2D eigenvalue weighted by molar-refractivity contribution is 0.240. The summed E-state index contributed by atoms with van der Waals surface area (Å²) >= 11 is 0. The molecule has 0 atom stereocenters. The third kappa shape index (κ3) is 3.20. The predicted molar refractivity (Wildman–Crippen MR) is 67.8 cm³/mol. The van der Waals surface area contributed by atoms with Gasteiger partial charge in [0.1, 0.15) is 5.75 Å². The van der Waals surface area contributed by atoms with Gasteiger partial charge in [-0.05, 0) is 44.5 Å². The van der Waals surface area contributed by atoms with Gasteiger partial charge in [0.2, 0.25) is 10.0 Å². The molecule has 17 heavy (non-hydrogen) atoms. The van der Waals surface area contributed by atoms with Crippen molar-refractivity contribution in [1.82, 2.24) is 4.31 Å². The minimum absolute atomic E-state index is 0.0741. The average molecular weight is 257 g/mol. The maximum atomic E-state index is 11.9. The minimum Gasteiger partial charge on any atom is -0.491 e. The molecule has 0 saturated carbocycles. The molecule has 0 spiro atoms. The van der Waals surface area contributed by atoms with Gasteiger partial charge in [-0.15, -0.1) is 0 Å². The number of hydrogen-bond acceptors (Lipinski definition) is 3. The lowest BCUT2D eigenvalue weighted by Gasteiger charge is -2.15. The van der Waals surface area contributed by atoms with Crippen LogP contribution in [-0.4, -0.2) is 32.9 Å². The van der Waals surface area contributed by atoms with E-state index in [1.54, 1.807) is 18.2 Å². The summed E-state index contributed by atoms with van der Waals surface area (Å²) in [6.45, 7) is 5.71. The van der Waals surface area contributed by atoms with E-state index in [9.17, 15) is 8.42 Å². The van der Waals surface area contributed by atoms with E-state index < -0.39 is 10.0 Å². The topological polar surface area (TPSA) is 46.6 Å². The van der Waals surface area contributed by atoms with Gasteiger partial charge < -0.3 is 4.74 Å². The van der Waals surface area contributed by atoms with Crippen LogP contribution in [0.25, 0.3) is 0 Å². The van der Waals surface area contributed by atoms with Crippen molar-refractivity contribution in [3.05, 3.63) is 23.8 Å². The molecular weight excluding hydrogens is 238 g/mol. The van der Waals surface area contributed by atoms with Crippen LogP contribution in [0.5, 0.6) is 5.75 Å². The SMILES string of the molecule is Cc1cc(S(=O)(=O)N(C)C)ccc1OC(C)C. The molecule has 0 aliphatic carbocycles. The first-order valence-corrected chi connectivity index (χ1v) is 6.89. The van der Waals surface area contributed by atoms with Crippen LogP contribution in [0.15, 0.2) is 23.1 Å². The highest BCUT2D eigenvalue weighted by molar-refractivity contribution is 7.89. The van der Waals surface area contributed by atoms with E-state index in [0.717, 1.165) is 11.3 Å². The molecule has 0 N–H and O–H groups in total. The number of sulfonamides is 1. The molecule has 4 nitrogen and oxygen atoms in total. The van der Waals surface area contributed by atoms with E-state index >= 15 is 0 Å². The standard InChI is InChI=1S/C12H19NO3S/c1-9(2)16-12-7-6-11(8-10(12)3)17(14,15)13(4)5/h6-9H,1-5H3. The van der Waals surface area contributed by atoms with Crippen LogP contribution in [0.2, 0.25) is 0 Å². The minimum atomic E-state index is -3.37. The highest BCUT2D eigenvalue weighted by Crippen LogP contribution is 2.23. The van der Waals surface area contributed by atoms with Gasteiger partial charge in [-0.1, -0.05) is 0 Å². The molecule has 1 rings (SSSR count).